The Labute approximate surface area is 182 Å². The lowest BCUT2D eigenvalue weighted by molar-refractivity contribution is -0.126. The number of carbonyl (C=O) groups excluding carboxylic acids is 3. The van der Waals surface area contributed by atoms with Crippen LogP contribution in [-0.2, 0) is 21.1 Å². The maximum atomic E-state index is 13.1. The van der Waals surface area contributed by atoms with Crippen molar-refractivity contribution in [2.24, 2.45) is 11.8 Å². The molecule has 1 fully saturated rings. The Balaban J connectivity index is 1.57. The summed E-state index contributed by atoms with van der Waals surface area (Å²) in [6, 6.07) is 6.93. The fraction of sp³-hybridized carbons (Fsp3) is 0.381. The summed E-state index contributed by atoms with van der Waals surface area (Å²) in [5.74, 6) is 0.647. The van der Waals surface area contributed by atoms with Gasteiger partial charge in [0.05, 0.1) is 5.56 Å². The fourth-order valence-electron chi connectivity index (χ4n) is 3.93. The number of rotatable bonds is 5. The van der Waals surface area contributed by atoms with Crippen molar-refractivity contribution in [2.45, 2.75) is 37.2 Å². The molecule has 0 radical (unpaired) electrons. The molecule has 0 saturated heterocycles. The topological polar surface area (TPSA) is 75.3 Å². The van der Waals surface area contributed by atoms with Gasteiger partial charge < -0.3 is 15.4 Å². The maximum Gasteiger partial charge on any atom is 0.258 e. The van der Waals surface area contributed by atoms with Gasteiger partial charge in [-0.3, -0.25) is 9.59 Å². The van der Waals surface area contributed by atoms with Crippen molar-refractivity contribution in [1.82, 2.24) is 0 Å². The van der Waals surface area contributed by atoms with E-state index in [1.165, 1.54) is 11.3 Å². The molecule has 2 heterocycles. The Bertz CT molecular complexity index is 942. The van der Waals surface area contributed by atoms with Crippen molar-refractivity contribution >= 4 is 63.5 Å². The highest BCUT2D eigenvalue weighted by Crippen LogP contribution is 2.43. The minimum Gasteiger partial charge on any atom is -0.322 e. The third kappa shape index (κ3) is 4.37. The Morgan fingerprint density at radius 3 is 2.59 bits per heavy atom. The number of hydrogen-bond donors (Lipinski definition) is 2. The summed E-state index contributed by atoms with van der Waals surface area (Å²) in [5.41, 5.74) is 2.18. The molecule has 1 saturated carbocycles. The molecule has 4 rings (SSSR count). The minimum atomic E-state index is -0.320. The van der Waals surface area contributed by atoms with Crippen molar-refractivity contribution < 1.29 is 14.4 Å². The monoisotopic (exact) mass is 448 g/mol. The number of anilines is 2. The van der Waals surface area contributed by atoms with Gasteiger partial charge in [0, 0.05) is 38.9 Å². The fourth-order valence-corrected chi connectivity index (χ4v) is 6.64. The van der Waals surface area contributed by atoms with Crippen molar-refractivity contribution in [2.75, 3.05) is 10.6 Å². The number of hydrogen-bond acceptors (Lipinski definition) is 5. The highest BCUT2D eigenvalue weighted by molar-refractivity contribution is 7.98. The quantitative estimate of drug-likeness (QED) is 0.605. The van der Waals surface area contributed by atoms with Crippen LogP contribution in [0.1, 0.15) is 46.5 Å². The van der Waals surface area contributed by atoms with Crippen molar-refractivity contribution in [3.8, 4) is 0 Å². The van der Waals surface area contributed by atoms with Gasteiger partial charge in [-0.05, 0) is 42.7 Å². The number of nitrogens with one attached hydrogen (secondary N) is 2. The lowest BCUT2D eigenvalue weighted by Crippen LogP contribution is -2.33. The van der Waals surface area contributed by atoms with Gasteiger partial charge in [-0.2, -0.15) is 11.8 Å². The highest BCUT2D eigenvalue weighted by atomic mass is 35.5. The zero-order valence-corrected chi connectivity index (χ0v) is 18.1. The van der Waals surface area contributed by atoms with Crippen LogP contribution in [0.15, 0.2) is 24.3 Å². The summed E-state index contributed by atoms with van der Waals surface area (Å²) in [4.78, 5) is 38.5. The molecule has 8 heteroatoms. The molecule has 29 heavy (non-hydrogen) atoms. The molecular formula is C21H21ClN2O3S2. The van der Waals surface area contributed by atoms with E-state index in [4.69, 9.17) is 11.6 Å². The average molecular weight is 449 g/mol. The Kier molecular flexibility index (Phi) is 6.27. The summed E-state index contributed by atoms with van der Waals surface area (Å²) in [5, 5.41) is 7.07. The zero-order valence-electron chi connectivity index (χ0n) is 15.7. The number of fused-ring (bicyclic) bond motifs is 1. The summed E-state index contributed by atoms with van der Waals surface area (Å²) >= 11 is 9.15. The molecule has 1 aromatic heterocycles. The number of thioether (sulfide) groups is 1. The first-order valence-electron chi connectivity index (χ1n) is 9.62. The average Bonchev–Trinajstić information content (AvgIpc) is 3.30. The van der Waals surface area contributed by atoms with E-state index < -0.39 is 0 Å². The second kappa shape index (κ2) is 8.90. The largest absolute Gasteiger partial charge is 0.322 e. The smallest absolute Gasteiger partial charge is 0.258 e. The maximum absolute atomic E-state index is 13.1. The molecule has 1 aromatic carbocycles. The number of benzene rings is 1. The molecule has 2 unspecified atom stereocenters. The van der Waals surface area contributed by atoms with Crippen molar-refractivity contribution in [3.05, 3.63) is 45.3 Å². The summed E-state index contributed by atoms with van der Waals surface area (Å²) in [6.07, 6.45) is 4.30. The van der Waals surface area contributed by atoms with Crippen LogP contribution in [0.3, 0.4) is 0 Å². The van der Waals surface area contributed by atoms with E-state index >= 15 is 0 Å². The van der Waals surface area contributed by atoms with Gasteiger partial charge in [0.15, 0.2) is 0 Å². The standard InChI is InChI=1S/C21H21ClN2O3S2/c22-13-5-7-14(8-6-13)23-20(27)18-16-10-28-11-17(16)29-21(18)24-19(26)15-4-2-1-3-12(15)9-25/h5-9,12,15H,1-4,10-11H2,(H,23,27)(H,24,26). The third-order valence-electron chi connectivity index (χ3n) is 5.47. The highest BCUT2D eigenvalue weighted by Gasteiger charge is 2.33. The van der Waals surface area contributed by atoms with Gasteiger partial charge in [0.1, 0.15) is 11.3 Å². The van der Waals surface area contributed by atoms with Crippen LogP contribution in [0.4, 0.5) is 10.7 Å². The molecule has 2 atom stereocenters. The SMILES string of the molecule is O=CC1CCCCC1C(=O)Nc1sc2c(c1C(=O)Nc1ccc(Cl)cc1)CSC2. The lowest BCUT2D eigenvalue weighted by Gasteiger charge is -2.26. The van der Waals surface area contributed by atoms with Gasteiger partial charge in [-0.15, -0.1) is 11.3 Å². The van der Waals surface area contributed by atoms with Gasteiger partial charge in [0.2, 0.25) is 5.91 Å². The van der Waals surface area contributed by atoms with Crippen molar-refractivity contribution in [1.29, 1.82) is 0 Å². The lowest BCUT2D eigenvalue weighted by atomic mass is 9.79. The molecule has 2 amide bonds. The van der Waals surface area contributed by atoms with Crippen LogP contribution in [0, 0.1) is 11.8 Å². The van der Waals surface area contributed by atoms with E-state index in [1.54, 1.807) is 36.0 Å². The number of carbonyl (C=O) groups is 3. The van der Waals surface area contributed by atoms with E-state index in [1.807, 2.05) is 0 Å². The van der Waals surface area contributed by atoms with E-state index in [0.717, 1.165) is 47.5 Å². The first-order valence-corrected chi connectivity index (χ1v) is 12.0. The molecule has 2 aromatic rings. The predicted octanol–water partition coefficient (Wildman–Crippen LogP) is 5.34. The van der Waals surface area contributed by atoms with Crippen LogP contribution in [0.2, 0.25) is 5.02 Å². The molecule has 0 spiro atoms. The van der Waals surface area contributed by atoms with Crippen LogP contribution < -0.4 is 10.6 Å². The van der Waals surface area contributed by atoms with E-state index in [2.05, 4.69) is 10.6 Å². The normalized spacial score (nSPS) is 20.7. The number of aldehydes is 1. The number of halogens is 1. The van der Waals surface area contributed by atoms with E-state index in [-0.39, 0.29) is 23.7 Å². The molecule has 1 aliphatic heterocycles. The molecule has 5 nitrogen and oxygen atoms in total. The van der Waals surface area contributed by atoms with Gasteiger partial charge in [-0.25, -0.2) is 0 Å². The molecular weight excluding hydrogens is 428 g/mol. The molecule has 1 aliphatic carbocycles. The van der Waals surface area contributed by atoms with E-state index in [9.17, 15) is 14.4 Å². The van der Waals surface area contributed by atoms with Gasteiger partial charge >= 0.3 is 0 Å². The minimum absolute atomic E-state index is 0.157. The molecule has 2 N–H and O–H groups in total. The first kappa shape index (κ1) is 20.4. The van der Waals surface area contributed by atoms with Gasteiger partial charge in [-0.1, -0.05) is 24.4 Å². The molecule has 0 bridgehead atoms. The second-order valence-corrected chi connectivity index (χ2v) is 9.87. The van der Waals surface area contributed by atoms with Crippen LogP contribution >= 0.6 is 34.7 Å². The predicted molar refractivity (Wildman–Crippen MR) is 119 cm³/mol. The molecule has 152 valence electrons. The first-order chi connectivity index (χ1) is 14.1. The van der Waals surface area contributed by atoms with Gasteiger partial charge in [0.25, 0.3) is 5.91 Å². The van der Waals surface area contributed by atoms with Crippen LogP contribution in [0.5, 0.6) is 0 Å². The second-order valence-electron chi connectivity index (χ2n) is 7.34. The molecule has 2 aliphatic rings. The van der Waals surface area contributed by atoms with Crippen LogP contribution in [-0.4, -0.2) is 18.1 Å². The van der Waals surface area contributed by atoms with Crippen LogP contribution in [0.25, 0.3) is 0 Å². The van der Waals surface area contributed by atoms with E-state index in [0.29, 0.717) is 27.7 Å². The number of thiophene rings is 1. The van der Waals surface area contributed by atoms with Crippen molar-refractivity contribution in [3.63, 3.8) is 0 Å². The number of amides is 2. The Morgan fingerprint density at radius 1 is 1.07 bits per heavy atom. The summed E-state index contributed by atoms with van der Waals surface area (Å²) in [6.45, 7) is 0. The zero-order chi connectivity index (χ0) is 20.4. The Hall–Kier alpha value is -1.83. The Morgan fingerprint density at radius 2 is 1.83 bits per heavy atom. The third-order valence-corrected chi connectivity index (χ3v) is 8.03. The summed E-state index contributed by atoms with van der Waals surface area (Å²) in [7, 11) is 0. The summed E-state index contributed by atoms with van der Waals surface area (Å²) < 4.78 is 0.